The number of hydrogen-bond acceptors (Lipinski definition) is 2. The minimum absolute atomic E-state index is 0.242. The minimum atomic E-state index is -0.269. The normalized spacial score (nSPS) is 10.3. The second-order valence-corrected chi connectivity index (χ2v) is 3.26. The zero-order chi connectivity index (χ0) is 10.8. The molecule has 1 N–H and O–H groups in total. The van der Waals surface area contributed by atoms with E-state index < -0.39 is 0 Å². The van der Waals surface area contributed by atoms with Crippen LogP contribution in [0.1, 0.15) is 16.2 Å². The standard InChI is InChI=1S/C11H9FN2O/c1-7-2-3-8(4-9(7)12)10-5-13-11(6-15)14-10/h2-6H,1H3,(H,13,14). The molecule has 1 heterocycles. The fourth-order valence-corrected chi connectivity index (χ4v) is 1.30. The van der Waals surface area contributed by atoms with E-state index in [1.807, 2.05) is 0 Å². The van der Waals surface area contributed by atoms with Crippen molar-refractivity contribution in [2.24, 2.45) is 0 Å². The first-order valence-corrected chi connectivity index (χ1v) is 4.47. The van der Waals surface area contributed by atoms with Gasteiger partial charge >= 0.3 is 0 Å². The van der Waals surface area contributed by atoms with Crippen molar-refractivity contribution in [1.29, 1.82) is 0 Å². The molecule has 0 unspecified atom stereocenters. The molecule has 1 aromatic heterocycles. The molecule has 1 aromatic carbocycles. The molecule has 3 nitrogen and oxygen atoms in total. The molecule has 0 aliphatic heterocycles. The number of nitrogens with zero attached hydrogens (tertiary/aromatic N) is 1. The molecule has 0 spiro atoms. The van der Waals surface area contributed by atoms with E-state index in [4.69, 9.17) is 0 Å². The van der Waals surface area contributed by atoms with E-state index in [2.05, 4.69) is 9.97 Å². The van der Waals surface area contributed by atoms with E-state index in [9.17, 15) is 9.18 Å². The summed E-state index contributed by atoms with van der Waals surface area (Å²) >= 11 is 0. The van der Waals surface area contributed by atoms with E-state index in [1.165, 1.54) is 12.3 Å². The van der Waals surface area contributed by atoms with Gasteiger partial charge in [-0.2, -0.15) is 0 Å². The average molecular weight is 204 g/mol. The highest BCUT2D eigenvalue weighted by atomic mass is 19.1. The third-order valence-electron chi connectivity index (χ3n) is 2.19. The fraction of sp³-hybridized carbons (Fsp3) is 0.0909. The number of aromatic amines is 1. The number of imidazole rings is 1. The molecule has 2 rings (SSSR count). The molecule has 15 heavy (non-hydrogen) atoms. The number of nitrogens with one attached hydrogen (secondary N) is 1. The number of halogens is 1. The molecule has 0 saturated heterocycles. The summed E-state index contributed by atoms with van der Waals surface area (Å²) in [5.74, 6) is -0.0271. The van der Waals surface area contributed by atoms with Gasteiger partial charge in [-0.1, -0.05) is 12.1 Å². The topological polar surface area (TPSA) is 45.8 Å². The van der Waals surface area contributed by atoms with E-state index in [0.29, 0.717) is 23.1 Å². The van der Waals surface area contributed by atoms with Crippen LogP contribution < -0.4 is 0 Å². The number of rotatable bonds is 2. The lowest BCUT2D eigenvalue weighted by atomic mass is 10.1. The number of aryl methyl sites for hydroxylation is 1. The molecule has 0 fully saturated rings. The summed E-state index contributed by atoms with van der Waals surface area (Å²) in [7, 11) is 0. The second-order valence-electron chi connectivity index (χ2n) is 3.26. The number of benzene rings is 1. The van der Waals surface area contributed by atoms with E-state index in [0.717, 1.165) is 0 Å². The van der Waals surface area contributed by atoms with Crippen molar-refractivity contribution in [3.63, 3.8) is 0 Å². The molecule has 2 aromatic rings. The number of aldehydes is 1. The van der Waals surface area contributed by atoms with Crippen LogP contribution in [0.2, 0.25) is 0 Å². The number of hydrogen-bond donors (Lipinski definition) is 1. The predicted molar refractivity (Wildman–Crippen MR) is 54.1 cm³/mol. The Bertz CT molecular complexity index is 505. The van der Waals surface area contributed by atoms with Crippen LogP contribution in [0.3, 0.4) is 0 Å². The van der Waals surface area contributed by atoms with Gasteiger partial charge in [0.05, 0.1) is 11.9 Å². The van der Waals surface area contributed by atoms with Crippen LogP contribution in [-0.2, 0) is 0 Å². The van der Waals surface area contributed by atoms with Gasteiger partial charge in [-0.05, 0) is 18.6 Å². The highest BCUT2D eigenvalue weighted by Gasteiger charge is 2.04. The van der Waals surface area contributed by atoms with Gasteiger partial charge in [-0.25, -0.2) is 9.37 Å². The van der Waals surface area contributed by atoms with Gasteiger partial charge in [0.15, 0.2) is 12.1 Å². The van der Waals surface area contributed by atoms with E-state index in [-0.39, 0.29) is 11.6 Å². The number of carbonyl (C=O) groups is 1. The monoisotopic (exact) mass is 204 g/mol. The maximum Gasteiger partial charge on any atom is 0.185 e. The summed E-state index contributed by atoms with van der Waals surface area (Å²) in [6.07, 6.45) is 2.13. The van der Waals surface area contributed by atoms with Crippen LogP contribution in [-0.4, -0.2) is 16.3 Å². The zero-order valence-electron chi connectivity index (χ0n) is 8.12. The zero-order valence-corrected chi connectivity index (χ0v) is 8.12. The van der Waals surface area contributed by atoms with Crippen molar-refractivity contribution >= 4 is 6.29 Å². The van der Waals surface area contributed by atoms with Gasteiger partial charge in [0.1, 0.15) is 5.82 Å². The van der Waals surface area contributed by atoms with Crippen molar-refractivity contribution in [2.75, 3.05) is 0 Å². The third-order valence-corrected chi connectivity index (χ3v) is 2.19. The lowest BCUT2D eigenvalue weighted by Gasteiger charge is -1.99. The number of H-pyrrole nitrogens is 1. The Morgan fingerprint density at radius 2 is 2.27 bits per heavy atom. The maximum absolute atomic E-state index is 13.2. The van der Waals surface area contributed by atoms with Gasteiger partial charge in [-0.3, -0.25) is 4.79 Å². The summed E-state index contributed by atoms with van der Waals surface area (Å²) in [5.41, 5.74) is 1.91. The Morgan fingerprint density at radius 1 is 1.47 bits per heavy atom. The Balaban J connectivity index is 2.44. The molecule has 0 radical (unpaired) electrons. The van der Waals surface area contributed by atoms with Crippen molar-refractivity contribution in [2.45, 2.75) is 6.92 Å². The summed E-state index contributed by atoms with van der Waals surface area (Å²) < 4.78 is 13.2. The van der Waals surface area contributed by atoms with Gasteiger partial charge in [0.2, 0.25) is 0 Å². The maximum atomic E-state index is 13.2. The quantitative estimate of drug-likeness (QED) is 0.763. The molecule has 76 valence electrons. The highest BCUT2D eigenvalue weighted by Crippen LogP contribution is 2.19. The lowest BCUT2D eigenvalue weighted by Crippen LogP contribution is -1.85. The Hall–Kier alpha value is -1.97. The SMILES string of the molecule is Cc1ccc(-c2cnc(C=O)[nH]2)cc1F. The molecular formula is C11H9FN2O. The average Bonchev–Trinajstić information content (AvgIpc) is 2.70. The molecule has 0 atom stereocenters. The Labute approximate surface area is 86.0 Å². The third kappa shape index (κ3) is 1.79. The van der Waals surface area contributed by atoms with Crippen molar-refractivity contribution in [1.82, 2.24) is 9.97 Å². The first-order valence-electron chi connectivity index (χ1n) is 4.47. The molecule has 0 bridgehead atoms. The largest absolute Gasteiger partial charge is 0.336 e. The van der Waals surface area contributed by atoms with Crippen molar-refractivity contribution in [3.05, 3.63) is 41.6 Å². The molecular weight excluding hydrogens is 195 g/mol. The molecule has 4 heteroatoms. The van der Waals surface area contributed by atoms with Crippen LogP contribution in [0, 0.1) is 12.7 Å². The van der Waals surface area contributed by atoms with Crippen LogP contribution in [0.5, 0.6) is 0 Å². The summed E-state index contributed by atoms with van der Waals surface area (Å²) in [6, 6.07) is 4.88. The number of aromatic nitrogens is 2. The summed E-state index contributed by atoms with van der Waals surface area (Å²) in [5, 5.41) is 0. The smallest absolute Gasteiger partial charge is 0.185 e. The summed E-state index contributed by atoms with van der Waals surface area (Å²) in [6.45, 7) is 1.70. The lowest BCUT2D eigenvalue weighted by molar-refractivity contribution is 0.111. The summed E-state index contributed by atoms with van der Waals surface area (Å²) in [4.78, 5) is 17.0. The van der Waals surface area contributed by atoms with E-state index >= 15 is 0 Å². The van der Waals surface area contributed by atoms with Crippen LogP contribution in [0.25, 0.3) is 11.3 Å². The second kappa shape index (κ2) is 3.65. The van der Waals surface area contributed by atoms with Crippen LogP contribution in [0.4, 0.5) is 4.39 Å². The fourth-order valence-electron chi connectivity index (χ4n) is 1.30. The van der Waals surface area contributed by atoms with Crippen molar-refractivity contribution in [3.8, 4) is 11.3 Å². The molecule has 0 saturated carbocycles. The van der Waals surface area contributed by atoms with Gasteiger partial charge in [0.25, 0.3) is 0 Å². The van der Waals surface area contributed by atoms with Crippen molar-refractivity contribution < 1.29 is 9.18 Å². The first kappa shape index (κ1) is 9.58. The van der Waals surface area contributed by atoms with Gasteiger partial charge in [-0.15, -0.1) is 0 Å². The Morgan fingerprint density at radius 3 is 2.87 bits per heavy atom. The van der Waals surface area contributed by atoms with Crippen LogP contribution in [0.15, 0.2) is 24.4 Å². The van der Waals surface area contributed by atoms with Gasteiger partial charge < -0.3 is 4.98 Å². The number of carbonyl (C=O) groups excluding carboxylic acids is 1. The van der Waals surface area contributed by atoms with Crippen LogP contribution >= 0.6 is 0 Å². The highest BCUT2D eigenvalue weighted by molar-refractivity contribution is 5.71. The minimum Gasteiger partial charge on any atom is -0.336 e. The van der Waals surface area contributed by atoms with E-state index in [1.54, 1.807) is 19.1 Å². The molecule has 0 aliphatic carbocycles. The molecule has 0 amide bonds. The predicted octanol–water partition coefficient (Wildman–Crippen LogP) is 2.34. The van der Waals surface area contributed by atoms with Gasteiger partial charge in [0, 0.05) is 5.56 Å². The molecule has 0 aliphatic rings. The first-order chi connectivity index (χ1) is 7.20. The Kier molecular flexibility index (Phi) is 2.33.